The van der Waals surface area contributed by atoms with Gasteiger partial charge in [-0.25, -0.2) is 4.79 Å². The molecule has 0 aliphatic heterocycles. The fraction of sp³-hybridized carbons (Fsp3) is 0.467. The van der Waals surface area contributed by atoms with Crippen molar-refractivity contribution in [2.24, 2.45) is 11.5 Å². The third kappa shape index (κ3) is 2.89. The molecule has 1 saturated carbocycles. The number of hydrogen-bond acceptors (Lipinski definition) is 5. The van der Waals surface area contributed by atoms with Gasteiger partial charge in [-0.3, -0.25) is 4.79 Å². The lowest BCUT2D eigenvalue weighted by atomic mass is 9.76. The quantitative estimate of drug-likeness (QED) is 0.640. The average Bonchev–Trinajstić information content (AvgIpc) is 2.49. The Labute approximate surface area is 118 Å². The first-order valence-electron chi connectivity index (χ1n) is 6.74. The highest BCUT2D eigenvalue weighted by Crippen LogP contribution is 2.28. The second kappa shape index (κ2) is 5.73. The molecule has 5 heteroatoms. The molecule has 0 unspecified atom stereocenters. The van der Waals surface area contributed by atoms with Gasteiger partial charge < -0.3 is 16.2 Å². The highest BCUT2D eigenvalue weighted by atomic mass is 16.5. The summed E-state index contributed by atoms with van der Waals surface area (Å²) in [7, 11) is 1.32. The molecule has 0 radical (unpaired) electrons. The fourth-order valence-electron chi connectivity index (χ4n) is 2.55. The average molecular weight is 276 g/mol. The maximum Gasteiger partial charge on any atom is 0.337 e. The zero-order chi connectivity index (χ0) is 14.8. The monoisotopic (exact) mass is 276 g/mol. The van der Waals surface area contributed by atoms with E-state index in [0.717, 1.165) is 12.8 Å². The van der Waals surface area contributed by atoms with E-state index in [4.69, 9.17) is 11.5 Å². The standard InChI is InChI=1S/C15H20N2O3/c1-20-14(19)11-4-2-10(3-5-11)13(18)15(17)8-6-12(16)7-9-15/h2-5,12H,6-9,16-17H2,1H3. The van der Waals surface area contributed by atoms with E-state index in [9.17, 15) is 9.59 Å². The zero-order valence-electron chi connectivity index (χ0n) is 11.6. The van der Waals surface area contributed by atoms with Crippen LogP contribution in [0.4, 0.5) is 0 Å². The lowest BCUT2D eigenvalue weighted by Crippen LogP contribution is -2.52. The molecule has 0 aromatic heterocycles. The molecule has 1 aliphatic rings. The summed E-state index contributed by atoms with van der Waals surface area (Å²) >= 11 is 0. The number of rotatable bonds is 3. The molecule has 1 aromatic rings. The molecular weight excluding hydrogens is 256 g/mol. The van der Waals surface area contributed by atoms with Crippen LogP contribution in [0.15, 0.2) is 24.3 Å². The van der Waals surface area contributed by atoms with Crippen molar-refractivity contribution in [2.45, 2.75) is 37.3 Å². The molecular formula is C15H20N2O3. The van der Waals surface area contributed by atoms with Crippen LogP contribution in [0, 0.1) is 0 Å². The molecule has 1 fully saturated rings. The normalized spacial score (nSPS) is 26.1. The van der Waals surface area contributed by atoms with E-state index < -0.39 is 11.5 Å². The summed E-state index contributed by atoms with van der Waals surface area (Å²) < 4.78 is 4.62. The van der Waals surface area contributed by atoms with Gasteiger partial charge in [0.25, 0.3) is 0 Å². The number of ketones is 1. The number of hydrogen-bond donors (Lipinski definition) is 2. The molecule has 1 aliphatic carbocycles. The molecule has 20 heavy (non-hydrogen) atoms. The molecule has 0 bridgehead atoms. The minimum absolute atomic E-state index is 0.0826. The summed E-state index contributed by atoms with van der Waals surface area (Å²) in [6, 6.07) is 6.55. The Kier molecular flexibility index (Phi) is 4.20. The number of nitrogens with two attached hydrogens (primary N) is 2. The van der Waals surface area contributed by atoms with Crippen molar-refractivity contribution >= 4 is 11.8 Å². The molecule has 0 spiro atoms. The van der Waals surface area contributed by atoms with E-state index in [1.54, 1.807) is 24.3 Å². The van der Waals surface area contributed by atoms with Gasteiger partial charge in [0.05, 0.1) is 18.2 Å². The van der Waals surface area contributed by atoms with E-state index in [1.807, 2.05) is 0 Å². The van der Waals surface area contributed by atoms with E-state index in [-0.39, 0.29) is 11.8 Å². The van der Waals surface area contributed by atoms with E-state index in [1.165, 1.54) is 7.11 Å². The molecule has 108 valence electrons. The molecule has 4 N–H and O–H groups in total. The van der Waals surface area contributed by atoms with Crippen molar-refractivity contribution in [3.05, 3.63) is 35.4 Å². The number of carbonyl (C=O) groups is 2. The zero-order valence-corrected chi connectivity index (χ0v) is 11.6. The van der Waals surface area contributed by atoms with Crippen LogP contribution in [-0.2, 0) is 4.74 Å². The highest BCUT2D eigenvalue weighted by molar-refractivity contribution is 6.03. The summed E-state index contributed by atoms with van der Waals surface area (Å²) in [6.07, 6.45) is 2.74. The van der Waals surface area contributed by atoms with Gasteiger partial charge in [-0.1, -0.05) is 12.1 Å². The van der Waals surface area contributed by atoms with Crippen LogP contribution in [0.25, 0.3) is 0 Å². The summed E-state index contributed by atoms with van der Waals surface area (Å²) in [5, 5.41) is 0. The molecule has 0 saturated heterocycles. The van der Waals surface area contributed by atoms with Gasteiger partial charge in [0.15, 0.2) is 5.78 Å². The number of Topliss-reactive ketones (excluding diaryl/α,β-unsaturated/α-hetero) is 1. The maximum absolute atomic E-state index is 12.5. The molecule has 0 amide bonds. The van der Waals surface area contributed by atoms with Crippen molar-refractivity contribution in [1.29, 1.82) is 0 Å². The first-order valence-corrected chi connectivity index (χ1v) is 6.74. The third-order valence-electron chi connectivity index (χ3n) is 3.94. The van der Waals surface area contributed by atoms with Crippen LogP contribution in [0.1, 0.15) is 46.4 Å². The van der Waals surface area contributed by atoms with E-state index >= 15 is 0 Å². The Morgan fingerprint density at radius 2 is 1.65 bits per heavy atom. The van der Waals surface area contributed by atoms with Gasteiger partial charge in [-0.2, -0.15) is 0 Å². The number of carbonyl (C=O) groups excluding carboxylic acids is 2. The van der Waals surface area contributed by atoms with Gasteiger partial charge >= 0.3 is 5.97 Å². The topological polar surface area (TPSA) is 95.4 Å². The summed E-state index contributed by atoms with van der Waals surface area (Å²) in [5.74, 6) is -0.504. The predicted octanol–water partition coefficient (Wildman–Crippen LogP) is 1.25. The first-order chi connectivity index (χ1) is 9.46. The lowest BCUT2D eigenvalue weighted by Gasteiger charge is -2.34. The van der Waals surface area contributed by atoms with Crippen LogP contribution in [0.5, 0.6) is 0 Å². The summed E-state index contributed by atoms with van der Waals surface area (Å²) in [4.78, 5) is 23.8. The number of ether oxygens (including phenoxy) is 1. The Morgan fingerprint density at radius 3 is 2.15 bits per heavy atom. The van der Waals surface area contributed by atoms with Gasteiger partial charge in [-0.05, 0) is 37.8 Å². The number of esters is 1. The minimum atomic E-state index is -0.831. The van der Waals surface area contributed by atoms with Crippen LogP contribution < -0.4 is 11.5 Å². The smallest absolute Gasteiger partial charge is 0.337 e. The summed E-state index contributed by atoms with van der Waals surface area (Å²) in [5.41, 5.74) is 12.2. The maximum atomic E-state index is 12.5. The lowest BCUT2D eigenvalue weighted by molar-refractivity contribution is 0.0600. The Hall–Kier alpha value is -1.72. The molecule has 0 heterocycles. The first kappa shape index (κ1) is 14.7. The fourth-order valence-corrected chi connectivity index (χ4v) is 2.55. The van der Waals surface area contributed by atoms with Crippen molar-refractivity contribution in [3.63, 3.8) is 0 Å². The predicted molar refractivity (Wildman–Crippen MR) is 75.5 cm³/mol. The Morgan fingerprint density at radius 1 is 1.15 bits per heavy atom. The van der Waals surface area contributed by atoms with Gasteiger partial charge in [0, 0.05) is 11.6 Å². The second-order valence-electron chi connectivity index (χ2n) is 5.39. The Bertz CT molecular complexity index is 502. The SMILES string of the molecule is COC(=O)c1ccc(C(=O)C2(N)CCC(N)CC2)cc1. The van der Waals surface area contributed by atoms with E-state index in [0.29, 0.717) is 24.0 Å². The largest absolute Gasteiger partial charge is 0.465 e. The molecule has 0 atom stereocenters. The van der Waals surface area contributed by atoms with E-state index in [2.05, 4.69) is 4.74 Å². The molecule has 2 rings (SSSR count). The number of methoxy groups -OCH3 is 1. The molecule has 5 nitrogen and oxygen atoms in total. The van der Waals surface area contributed by atoms with Crippen LogP contribution in [-0.4, -0.2) is 30.4 Å². The van der Waals surface area contributed by atoms with Crippen molar-refractivity contribution in [1.82, 2.24) is 0 Å². The van der Waals surface area contributed by atoms with Crippen molar-refractivity contribution < 1.29 is 14.3 Å². The highest BCUT2D eigenvalue weighted by Gasteiger charge is 2.37. The summed E-state index contributed by atoms with van der Waals surface area (Å²) in [6.45, 7) is 0. The Balaban J connectivity index is 2.15. The van der Waals surface area contributed by atoms with Crippen LogP contribution in [0.3, 0.4) is 0 Å². The number of benzene rings is 1. The van der Waals surface area contributed by atoms with Gasteiger partial charge in [0.2, 0.25) is 0 Å². The minimum Gasteiger partial charge on any atom is -0.465 e. The third-order valence-corrected chi connectivity index (χ3v) is 3.94. The van der Waals surface area contributed by atoms with Crippen molar-refractivity contribution in [3.8, 4) is 0 Å². The van der Waals surface area contributed by atoms with Gasteiger partial charge in [0.1, 0.15) is 0 Å². The van der Waals surface area contributed by atoms with Crippen LogP contribution >= 0.6 is 0 Å². The van der Waals surface area contributed by atoms with Gasteiger partial charge in [-0.15, -0.1) is 0 Å². The van der Waals surface area contributed by atoms with Crippen LogP contribution in [0.2, 0.25) is 0 Å². The molecule has 1 aromatic carbocycles. The van der Waals surface area contributed by atoms with Crippen molar-refractivity contribution in [2.75, 3.05) is 7.11 Å². The second-order valence-corrected chi connectivity index (χ2v) is 5.39.